The number of carbonyl (C=O) groups excluding carboxylic acids is 2. The molecule has 0 radical (unpaired) electrons. The molecule has 2 amide bonds. The summed E-state index contributed by atoms with van der Waals surface area (Å²) >= 11 is 0. The number of aromatic nitrogens is 2. The van der Waals surface area contributed by atoms with Crippen LogP contribution >= 0.6 is 0 Å². The fourth-order valence-electron chi connectivity index (χ4n) is 2.45. The number of nitrogens with zero attached hydrogens (tertiary/aromatic N) is 2. The van der Waals surface area contributed by atoms with Crippen molar-refractivity contribution in [3.05, 3.63) is 36.0 Å². The fraction of sp³-hybridized carbons (Fsp3) is 0.333. The van der Waals surface area contributed by atoms with Crippen molar-refractivity contribution in [2.24, 2.45) is 11.7 Å². The summed E-state index contributed by atoms with van der Waals surface area (Å²) in [6, 6.07) is 7.11. The van der Waals surface area contributed by atoms with Crippen LogP contribution in [0.5, 0.6) is 0 Å². The van der Waals surface area contributed by atoms with Crippen molar-refractivity contribution in [2.75, 3.05) is 36.2 Å². The lowest BCUT2D eigenvalue weighted by atomic mass is 10.2. The molecule has 1 heterocycles. The second-order valence-electron chi connectivity index (χ2n) is 6.33. The first-order valence-corrected chi connectivity index (χ1v) is 8.61. The minimum Gasteiger partial charge on any atom is -0.375 e. The molecular weight excluding hydrogens is 348 g/mol. The number of ether oxygens (including phenoxy) is 1. The van der Waals surface area contributed by atoms with Crippen LogP contribution in [0.25, 0.3) is 0 Å². The topological polar surface area (TPSA) is 131 Å². The third-order valence-corrected chi connectivity index (χ3v) is 3.99. The number of benzene rings is 1. The minimum absolute atomic E-state index is 0.0225. The van der Waals surface area contributed by atoms with Crippen LogP contribution in [-0.2, 0) is 9.53 Å². The van der Waals surface area contributed by atoms with Crippen LogP contribution in [0.1, 0.15) is 23.2 Å². The molecule has 1 saturated carbocycles. The molecule has 1 aromatic heterocycles. The van der Waals surface area contributed by atoms with Crippen molar-refractivity contribution < 1.29 is 14.3 Å². The maximum Gasteiger partial charge on any atom is 0.254 e. The van der Waals surface area contributed by atoms with Crippen LogP contribution in [0.2, 0.25) is 0 Å². The van der Waals surface area contributed by atoms with Crippen molar-refractivity contribution in [1.82, 2.24) is 9.97 Å². The van der Waals surface area contributed by atoms with Gasteiger partial charge in [-0.15, -0.1) is 0 Å². The third-order valence-electron chi connectivity index (χ3n) is 3.99. The summed E-state index contributed by atoms with van der Waals surface area (Å²) in [4.78, 5) is 31.7. The lowest BCUT2D eigenvalue weighted by Gasteiger charge is -2.12. The Bertz CT molecular complexity index is 838. The Morgan fingerprint density at radius 2 is 2.07 bits per heavy atom. The maximum atomic E-state index is 11.6. The Hall–Kier alpha value is -3.20. The molecule has 0 spiro atoms. The number of rotatable bonds is 9. The molecule has 5 N–H and O–H groups in total. The van der Waals surface area contributed by atoms with Crippen LogP contribution < -0.4 is 21.7 Å². The molecule has 9 nitrogen and oxygen atoms in total. The number of methoxy groups -OCH3 is 1. The molecule has 1 aliphatic carbocycles. The van der Waals surface area contributed by atoms with Crippen molar-refractivity contribution in [2.45, 2.75) is 12.8 Å². The van der Waals surface area contributed by atoms with Gasteiger partial charge >= 0.3 is 0 Å². The second-order valence-corrected chi connectivity index (χ2v) is 6.33. The molecule has 1 aliphatic rings. The smallest absolute Gasteiger partial charge is 0.254 e. The first-order valence-electron chi connectivity index (χ1n) is 8.61. The Kier molecular flexibility index (Phi) is 5.82. The molecule has 1 fully saturated rings. The van der Waals surface area contributed by atoms with Crippen molar-refractivity contribution in [1.29, 1.82) is 0 Å². The minimum atomic E-state index is -0.581. The van der Waals surface area contributed by atoms with Gasteiger partial charge in [0.15, 0.2) is 0 Å². The van der Waals surface area contributed by atoms with Gasteiger partial charge in [-0.1, -0.05) is 6.07 Å². The van der Waals surface area contributed by atoms with Crippen molar-refractivity contribution >= 4 is 35.0 Å². The molecule has 27 heavy (non-hydrogen) atoms. The Balaban J connectivity index is 1.73. The zero-order valence-electron chi connectivity index (χ0n) is 15.0. The predicted molar refractivity (Wildman–Crippen MR) is 102 cm³/mol. The molecule has 9 heteroatoms. The standard InChI is InChI=1S/C18H22N6O3/c1-27-10-15(25)22-12-3-2-4-13(7-12)23-18-21-9-14(16(19)26)17(24-18)20-8-11-5-6-11/h2-4,7,9,11H,5-6,8,10H2,1H3,(H2,19,26)(H,22,25)(H2,20,21,23,24). The zero-order chi connectivity index (χ0) is 19.2. The molecule has 3 rings (SSSR count). The summed E-state index contributed by atoms with van der Waals surface area (Å²) in [5.41, 5.74) is 6.95. The van der Waals surface area contributed by atoms with E-state index in [4.69, 9.17) is 10.5 Å². The number of hydrogen-bond donors (Lipinski definition) is 4. The van der Waals surface area contributed by atoms with Gasteiger partial charge in [0.2, 0.25) is 11.9 Å². The van der Waals surface area contributed by atoms with Gasteiger partial charge in [0.05, 0.1) is 5.56 Å². The highest BCUT2D eigenvalue weighted by Crippen LogP contribution is 2.29. The molecule has 0 saturated heterocycles. The maximum absolute atomic E-state index is 11.6. The van der Waals surface area contributed by atoms with E-state index in [1.54, 1.807) is 18.2 Å². The van der Waals surface area contributed by atoms with Gasteiger partial charge in [-0.2, -0.15) is 4.98 Å². The summed E-state index contributed by atoms with van der Waals surface area (Å²) < 4.78 is 4.80. The van der Waals surface area contributed by atoms with E-state index in [1.165, 1.54) is 26.1 Å². The summed E-state index contributed by atoms with van der Waals surface area (Å²) in [6.45, 7) is 0.725. The van der Waals surface area contributed by atoms with Crippen molar-refractivity contribution in [3.63, 3.8) is 0 Å². The highest BCUT2D eigenvalue weighted by Gasteiger charge is 2.22. The third kappa shape index (κ3) is 5.38. The molecule has 142 valence electrons. The summed E-state index contributed by atoms with van der Waals surface area (Å²) in [5.74, 6) is 0.519. The number of anilines is 4. The monoisotopic (exact) mass is 370 g/mol. The summed E-state index contributed by atoms with van der Waals surface area (Å²) in [5, 5.41) is 8.96. The van der Waals surface area contributed by atoms with E-state index in [1.807, 2.05) is 6.07 Å². The van der Waals surface area contributed by atoms with E-state index in [2.05, 4.69) is 25.9 Å². The van der Waals surface area contributed by atoms with Gasteiger partial charge in [-0.05, 0) is 37.0 Å². The molecular formula is C18H22N6O3. The lowest BCUT2D eigenvalue weighted by molar-refractivity contribution is -0.119. The van der Waals surface area contributed by atoms with E-state index in [9.17, 15) is 9.59 Å². The second kappa shape index (κ2) is 8.45. The van der Waals surface area contributed by atoms with Crippen LogP contribution in [0, 0.1) is 5.92 Å². The molecule has 0 atom stereocenters. The SMILES string of the molecule is COCC(=O)Nc1cccc(Nc2ncc(C(N)=O)c(NCC3CC3)n2)c1. The van der Waals surface area contributed by atoms with Crippen molar-refractivity contribution in [3.8, 4) is 0 Å². The molecule has 1 aromatic carbocycles. The number of carbonyl (C=O) groups is 2. The Morgan fingerprint density at radius 3 is 2.78 bits per heavy atom. The first kappa shape index (κ1) is 18.6. The summed E-state index contributed by atoms with van der Waals surface area (Å²) in [7, 11) is 1.46. The van der Waals surface area contributed by atoms with Crippen LogP contribution in [0.3, 0.4) is 0 Å². The number of nitrogens with two attached hydrogens (primary N) is 1. The van der Waals surface area contributed by atoms with E-state index in [-0.39, 0.29) is 18.1 Å². The van der Waals surface area contributed by atoms with Gasteiger partial charge in [0, 0.05) is 31.2 Å². The van der Waals surface area contributed by atoms with Gasteiger partial charge in [-0.25, -0.2) is 4.98 Å². The number of amides is 2. The first-order chi connectivity index (χ1) is 13.0. The Morgan fingerprint density at radius 1 is 1.30 bits per heavy atom. The lowest BCUT2D eigenvalue weighted by Crippen LogP contribution is -2.18. The van der Waals surface area contributed by atoms with E-state index in [0.717, 1.165) is 6.54 Å². The fourth-order valence-corrected chi connectivity index (χ4v) is 2.45. The summed E-state index contributed by atoms with van der Waals surface area (Å²) in [6.07, 6.45) is 3.75. The molecule has 0 unspecified atom stereocenters. The Labute approximate surface area is 156 Å². The highest BCUT2D eigenvalue weighted by molar-refractivity contribution is 5.97. The van der Waals surface area contributed by atoms with Gasteiger partial charge in [0.25, 0.3) is 5.91 Å². The quantitative estimate of drug-likeness (QED) is 0.528. The highest BCUT2D eigenvalue weighted by atomic mass is 16.5. The number of primary amides is 1. The molecule has 0 bridgehead atoms. The van der Waals surface area contributed by atoms with Crippen LogP contribution in [-0.4, -0.2) is 42.0 Å². The zero-order valence-corrected chi connectivity index (χ0v) is 15.0. The number of hydrogen-bond acceptors (Lipinski definition) is 7. The molecule has 2 aromatic rings. The largest absolute Gasteiger partial charge is 0.375 e. The van der Waals surface area contributed by atoms with Gasteiger partial charge < -0.3 is 26.4 Å². The van der Waals surface area contributed by atoms with E-state index in [0.29, 0.717) is 29.1 Å². The predicted octanol–water partition coefficient (Wildman–Crippen LogP) is 1.73. The van der Waals surface area contributed by atoms with E-state index >= 15 is 0 Å². The average Bonchev–Trinajstić information content (AvgIpc) is 3.45. The molecule has 0 aliphatic heterocycles. The number of nitrogens with one attached hydrogen (secondary N) is 3. The average molecular weight is 370 g/mol. The van der Waals surface area contributed by atoms with Crippen LogP contribution in [0.15, 0.2) is 30.5 Å². The van der Waals surface area contributed by atoms with E-state index < -0.39 is 5.91 Å². The van der Waals surface area contributed by atoms with Gasteiger partial charge in [-0.3, -0.25) is 9.59 Å². The van der Waals surface area contributed by atoms with Gasteiger partial charge in [0.1, 0.15) is 12.4 Å². The normalized spacial score (nSPS) is 13.1. The van der Waals surface area contributed by atoms with Crippen LogP contribution in [0.4, 0.5) is 23.1 Å².